The maximum atomic E-state index is 12.8. The van der Waals surface area contributed by atoms with Crippen LogP contribution < -0.4 is 16.4 Å². The van der Waals surface area contributed by atoms with Gasteiger partial charge in [0, 0.05) is 31.1 Å². The minimum absolute atomic E-state index is 0.0240. The summed E-state index contributed by atoms with van der Waals surface area (Å²) in [7, 11) is 0. The van der Waals surface area contributed by atoms with Gasteiger partial charge in [0.1, 0.15) is 0 Å². The van der Waals surface area contributed by atoms with Crippen LogP contribution in [0.25, 0.3) is 0 Å². The predicted octanol–water partition coefficient (Wildman–Crippen LogP) is 7.03. The summed E-state index contributed by atoms with van der Waals surface area (Å²) in [5.74, 6) is 0.0284. The molecule has 302 valence electrons. The lowest BCUT2D eigenvalue weighted by molar-refractivity contribution is -0.138. The highest BCUT2D eigenvalue weighted by Crippen LogP contribution is 2.13. The molecule has 0 unspecified atom stereocenters. The minimum atomic E-state index is -0.889. The monoisotopic (exact) mass is 748 g/mol. The second-order valence-electron chi connectivity index (χ2n) is 13.5. The topological polar surface area (TPSA) is 158 Å². The first-order valence-corrected chi connectivity index (χ1v) is 21.5. The van der Waals surface area contributed by atoms with Crippen molar-refractivity contribution in [2.24, 2.45) is 5.73 Å². The van der Waals surface area contributed by atoms with Crippen LogP contribution in [0, 0.1) is 0 Å². The number of hydrogen-bond donors (Lipinski definition) is 4. The molecule has 11 nitrogen and oxygen atoms in total. The Morgan fingerprint density at radius 3 is 1.63 bits per heavy atom. The second-order valence-corrected chi connectivity index (χ2v) is 14.6. The quantitative estimate of drug-likeness (QED) is 0.0479. The van der Waals surface area contributed by atoms with Gasteiger partial charge in [0.05, 0.1) is 64.8 Å². The van der Waals surface area contributed by atoms with Crippen LogP contribution in [-0.2, 0) is 33.3 Å². The molecule has 0 saturated heterocycles. The number of amides is 2. The molecule has 51 heavy (non-hydrogen) atoms. The summed E-state index contributed by atoms with van der Waals surface area (Å²) < 4.78 is 22.0. The van der Waals surface area contributed by atoms with Crippen LogP contribution in [-0.4, -0.2) is 106 Å². The Balaban J connectivity index is 4.26. The molecule has 0 aliphatic carbocycles. The van der Waals surface area contributed by atoms with E-state index in [9.17, 15) is 14.4 Å². The van der Waals surface area contributed by atoms with Crippen molar-refractivity contribution in [1.29, 1.82) is 0 Å². The second kappa shape index (κ2) is 39.8. The van der Waals surface area contributed by atoms with Crippen molar-refractivity contribution < 1.29 is 38.4 Å². The lowest BCUT2D eigenvalue weighted by Gasteiger charge is -2.20. The highest BCUT2D eigenvalue weighted by molar-refractivity contribution is 7.99. The molecule has 0 bridgehead atoms. The van der Waals surface area contributed by atoms with E-state index in [1.807, 2.05) is 0 Å². The fourth-order valence-electron chi connectivity index (χ4n) is 5.44. The highest BCUT2D eigenvalue weighted by Gasteiger charge is 2.17. The Morgan fingerprint density at radius 2 is 1.08 bits per heavy atom. The molecule has 5 N–H and O–H groups in total. The third-order valence-electron chi connectivity index (χ3n) is 8.54. The van der Waals surface area contributed by atoms with E-state index in [0.29, 0.717) is 70.7 Å². The van der Waals surface area contributed by atoms with Gasteiger partial charge in [-0.25, -0.2) is 0 Å². The number of thioether (sulfide) groups is 1. The van der Waals surface area contributed by atoms with E-state index in [1.165, 1.54) is 103 Å². The van der Waals surface area contributed by atoms with Crippen LogP contribution >= 0.6 is 11.8 Å². The smallest absolute Gasteiger partial charge is 0.305 e. The van der Waals surface area contributed by atoms with Crippen molar-refractivity contribution in [3.05, 3.63) is 0 Å². The molecular formula is C39H77N3O8S. The van der Waals surface area contributed by atoms with Crippen LogP contribution in [0.2, 0.25) is 0 Å². The summed E-state index contributed by atoms with van der Waals surface area (Å²) >= 11 is 1.56. The molecule has 0 fully saturated rings. The molecule has 0 rings (SSSR count). The van der Waals surface area contributed by atoms with Gasteiger partial charge in [0.15, 0.2) is 0 Å². The number of nitrogens with two attached hydrogens (primary N) is 1. The number of carbonyl (C=O) groups is 3. The molecule has 0 aromatic carbocycles. The number of carboxylic acid groups (broad SMARTS) is 1. The predicted molar refractivity (Wildman–Crippen MR) is 209 cm³/mol. The van der Waals surface area contributed by atoms with Crippen molar-refractivity contribution >= 4 is 29.5 Å². The fourth-order valence-corrected chi connectivity index (χ4v) is 6.44. The van der Waals surface area contributed by atoms with E-state index in [4.69, 9.17) is 29.8 Å². The zero-order valence-electron chi connectivity index (χ0n) is 32.6. The van der Waals surface area contributed by atoms with Crippen LogP contribution in [0.15, 0.2) is 0 Å². The van der Waals surface area contributed by atoms with Crippen molar-refractivity contribution in [2.45, 2.75) is 161 Å². The first kappa shape index (κ1) is 49.6. The first-order valence-electron chi connectivity index (χ1n) is 20.3. The maximum Gasteiger partial charge on any atom is 0.305 e. The number of aliphatic carboxylic acids is 1. The molecule has 0 radical (unpaired) electrons. The van der Waals surface area contributed by atoms with Gasteiger partial charge in [-0.2, -0.15) is 11.8 Å². The number of carboxylic acids is 1. The van der Waals surface area contributed by atoms with E-state index in [-0.39, 0.29) is 30.9 Å². The first-order chi connectivity index (χ1) is 24.9. The van der Waals surface area contributed by atoms with Gasteiger partial charge in [-0.05, 0) is 12.8 Å². The molecule has 2 amide bonds. The average Bonchev–Trinajstić information content (AvgIpc) is 3.11. The Morgan fingerprint density at radius 1 is 0.588 bits per heavy atom. The van der Waals surface area contributed by atoms with Crippen LogP contribution in [0.1, 0.15) is 149 Å². The molecule has 0 aliphatic heterocycles. The molecule has 2 atom stereocenters. The van der Waals surface area contributed by atoms with Crippen molar-refractivity contribution in [2.75, 3.05) is 70.9 Å². The number of nitrogens with one attached hydrogen (secondary N) is 2. The van der Waals surface area contributed by atoms with Gasteiger partial charge in [0.25, 0.3) is 0 Å². The number of ether oxygens (including phenoxy) is 4. The number of carbonyl (C=O) groups excluding carboxylic acids is 2. The molecule has 12 heteroatoms. The summed E-state index contributed by atoms with van der Waals surface area (Å²) in [6.07, 6.45) is 24.3. The molecule has 0 aliphatic rings. The molecule has 0 heterocycles. The van der Waals surface area contributed by atoms with Crippen molar-refractivity contribution in [3.8, 4) is 0 Å². The minimum Gasteiger partial charge on any atom is -0.481 e. The molecule has 0 aromatic rings. The van der Waals surface area contributed by atoms with Gasteiger partial charge in [-0.3, -0.25) is 14.4 Å². The van der Waals surface area contributed by atoms with E-state index >= 15 is 0 Å². The van der Waals surface area contributed by atoms with Crippen LogP contribution in [0.5, 0.6) is 0 Å². The van der Waals surface area contributed by atoms with E-state index in [1.54, 1.807) is 11.8 Å². The normalized spacial score (nSPS) is 12.5. The third kappa shape index (κ3) is 38.1. The van der Waals surface area contributed by atoms with Gasteiger partial charge in [-0.1, -0.05) is 123 Å². The third-order valence-corrected chi connectivity index (χ3v) is 9.77. The van der Waals surface area contributed by atoms with E-state index in [0.717, 1.165) is 19.3 Å². The van der Waals surface area contributed by atoms with Crippen molar-refractivity contribution in [1.82, 2.24) is 10.6 Å². The van der Waals surface area contributed by atoms with E-state index < -0.39 is 12.0 Å². The van der Waals surface area contributed by atoms with Gasteiger partial charge >= 0.3 is 5.97 Å². The Bertz CT molecular complexity index is 796. The number of hydrogen-bond acceptors (Lipinski definition) is 9. The Labute approximate surface area is 315 Å². The fraction of sp³-hybridized carbons (Fsp3) is 0.923. The summed E-state index contributed by atoms with van der Waals surface area (Å²) in [6.45, 7) is 7.97. The van der Waals surface area contributed by atoms with Gasteiger partial charge in [0.2, 0.25) is 11.8 Å². The highest BCUT2D eigenvalue weighted by atomic mass is 32.2. The zero-order valence-corrected chi connectivity index (χ0v) is 33.4. The SMILES string of the molecule is CCCCCCCCCCCCOC[C@H](CSC[C@H](N)C(=O)NCCOCCOCCOCCC(=O)O)NC(=O)CCCCCCCCCCC. The van der Waals surface area contributed by atoms with Crippen LogP contribution in [0.3, 0.4) is 0 Å². The molecular weight excluding hydrogens is 671 g/mol. The van der Waals surface area contributed by atoms with Crippen molar-refractivity contribution in [3.63, 3.8) is 0 Å². The molecule has 0 aromatic heterocycles. The average molecular weight is 748 g/mol. The van der Waals surface area contributed by atoms with Gasteiger partial charge < -0.3 is 40.4 Å². The number of rotatable bonds is 41. The summed E-state index contributed by atoms with van der Waals surface area (Å²) in [4.78, 5) is 35.7. The molecule has 0 saturated carbocycles. The Hall–Kier alpha value is -1.44. The maximum absolute atomic E-state index is 12.8. The summed E-state index contributed by atoms with van der Waals surface area (Å²) in [5, 5.41) is 14.6. The lowest BCUT2D eigenvalue weighted by Crippen LogP contribution is -2.44. The largest absolute Gasteiger partial charge is 0.481 e. The lowest BCUT2D eigenvalue weighted by atomic mass is 10.1. The Kier molecular flexibility index (Phi) is 38.6. The van der Waals surface area contributed by atoms with Crippen LogP contribution in [0.4, 0.5) is 0 Å². The van der Waals surface area contributed by atoms with Gasteiger partial charge in [-0.15, -0.1) is 0 Å². The molecule has 0 spiro atoms. The number of unbranched alkanes of at least 4 members (excludes halogenated alkanes) is 17. The van der Waals surface area contributed by atoms with E-state index in [2.05, 4.69) is 24.5 Å². The standard InChI is InChI=1S/C39H77N3O8S/c1-3-5-7-9-11-13-15-17-19-21-25-50-32-35(42-37(43)22-20-18-16-14-12-10-8-6-4-2)33-51-34-36(40)39(46)41-24-27-48-29-31-49-30-28-47-26-23-38(44)45/h35-36H,3-34,40H2,1-2H3,(H,41,46)(H,42,43)(H,44,45)/t35-,36+/m1/s1. The summed E-state index contributed by atoms with van der Waals surface area (Å²) in [6, 6.07) is -0.781. The summed E-state index contributed by atoms with van der Waals surface area (Å²) in [5.41, 5.74) is 6.15. The zero-order chi connectivity index (χ0) is 37.5.